The number of aliphatic hydroxyl groups is 2. The van der Waals surface area contributed by atoms with Crippen LogP contribution in [0.4, 0.5) is 0 Å². The average Bonchev–Trinajstić information content (AvgIpc) is 3.27. The first-order valence-corrected chi connectivity index (χ1v) is 26.7. The second-order valence-corrected chi connectivity index (χ2v) is 18.3. The van der Waals surface area contributed by atoms with Crippen molar-refractivity contribution in [1.82, 2.24) is 0 Å². The first-order chi connectivity index (χ1) is 30.7. The van der Waals surface area contributed by atoms with Crippen molar-refractivity contribution >= 4 is 19.8 Å². The number of ether oxygens (including phenoxy) is 2. The lowest BCUT2D eigenvalue weighted by molar-refractivity contribution is -0.161. The van der Waals surface area contributed by atoms with Gasteiger partial charge < -0.3 is 24.6 Å². The van der Waals surface area contributed by atoms with Crippen LogP contribution in [0.1, 0.15) is 219 Å². The molecule has 1 unspecified atom stereocenters. The summed E-state index contributed by atoms with van der Waals surface area (Å²) in [5.74, 6) is -0.957. The quantitative estimate of drug-likeness (QED) is 0.0233. The molecule has 11 heteroatoms. The molecule has 3 atom stereocenters. The molecular formula is C52H93O10P. The molecule has 0 heterocycles. The zero-order chi connectivity index (χ0) is 46.2. The molecule has 0 aromatic rings. The first kappa shape index (κ1) is 60.7. The summed E-state index contributed by atoms with van der Waals surface area (Å²) in [6, 6.07) is 0. The van der Waals surface area contributed by atoms with Crippen molar-refractivity contribution in [2.24, 2.45) is 0 Å². The number of esters is 2. The van der Waals surface area contributed by atoms with Crippen LogP contribution in [0.3, 0.4) is 0 Å². The van der Waals surface area contributed by atoms with Crippen LogP contribution < -0.4 is 0 Å². The van der Waals surface area contributed by atoms with Gasteiger partial charge in [-0.25, -0.2) is 4.57 Å². The van der Waals surface area contributed by atoms with Crippen LogP contribution in [0.5, 0.6) is 0 Å². The van der Waals surface area contributed by atoms with Gasteiger partial charge in [-0.3, -0.25) is 18.6 Å². The van der Waals surface area contributed by atoms with Gasteiger partial charge in [0.05, 0.1) is 19.8 Å². The normalized spacial score (nSPS) is 14.2. The minimum Gasteiger partial charge on any atom is -0.462 e. The van der Waals surface area contributed by atoms with E-state index >= 15 is 0 Å². The highest BCUT2D eigenvalue weighted by Crippen LogP contribution is 2.43. The molecule has 0 amide bonds. The first-order valence-electron chi connectivity index (χ1n) is 25.2. The van der Waals surface area contributed by atoms with E-state index in [1.54, 1.807) is 0 Å². The third-order valence-electron chi connectivity index (χ3n) is 10.7. The Morgan fingerprint density at radius 1 is 0.492 bits per heavy atom. The second kappa shape index (κ2) is 47.6. The summed E-state index contributed by atoms with van der Waals surface area (Å²) in [5.41, 5.74) is 0. The Kier molecular flexibility index (Phi) is 45.9. The molecule has 10 nitrogen and oxygen atoms in total. The second-order valence-electron chi connectivity index (χ2n) is 16.8. The van der Waals surface area contributed by atoms with Gasteiger partial charge in [0.15, 0.2) is 6.10 Å². The summed E-state index contributed by atoms with van der Waals surface area (Å²) < 4.78 is 32.8. The smallest absolute Gasteiger partial charge is 0.462 e. The fraction of sp³-hybridized carbons (Fsp3) is 0.769. The minimum atomic E-state index is -4.63. The van der Waals surface area contributed by atoms with Crippen LogP contribution in [0.2, 0.25) is 0 Å². The van der Waals surface area contributed by atoms with Crippen molar-refractivity contribution in [1.29, 1.82) is 0 Å². The number of phosphoric ester groups is 1. The van der Waals surface area contributed by atoms with Crippen LogP contribution in [0, 0.1) is 0 Å². The highest BCUT2D eigenvalue weighted by molar-refractivity contribution is 7.47. The van der Waals surface area contributed by atoms with Gasteiger partial charge in [0.1, 0.15) is 12.7 Å². The number of phosphoric acid groups is 1. The van der Waals surface area contributed by atoms with E-state index < -0.39 is 51.8 Å². The Bertz CT molecular complexity index is 1230. The van der Waals surface area contributed by atoms with Crippen LogP contribution in [0.25, 0.3) is 0 Å². The topological polar surface area (TPSA) is 149 Å². The Hall–Kier alpha value is -2.33. The number of rotatable bonds is 47. The van der Waals surface area contributed by atoms with Crippen LogP contribution >= 0.6 is 7.82 Å². The molecule has 0 rings (SSSR count). The van der Waals surface area contributed by atoms with E-state index in [0.717, 1.165) is 70.6 Å². The highest BCUT2D eigenvalue weighted by Gasteiger charge is 2.27. The van der Waals surface area contributed by atoms with Crippen molar-refractivity contribution in [2.75, 3.05) is 26.4 Å². The predicted octanol–water partition coefficient (Wildman–Crippen LogP) is 14.2. The van der Waals surface area contributed by atoms with Crippen LogP contribution in [-0.4, -0.2) is 65.7 Å². The maximum atomic E-state index is 12.7. The summed E-state index contributed by atoms with van der Waals surface area (Å²) in [7, 11) is -4.63. The molecule has 0 aromatic carbocycles. The van der Waals surface area contributed by atoms with Crippen LogP contribution in [-0.2, 0) is 32.7 Å². The van der Waals surface area contributed by atoms with E-state index in [1.165, 1.54) is 109 Å². The van der Waals surface area contributed by atoms with Crippen molar-refractivity contribution in [2.45, 2.75) is 232 Å². The number of carbonyl (C=O) groups excluding carboxylic acids is 2. The molecule has 0 aliphatic carbocycles. The zero-order valence-electron chi connectivity index (χ0n) is 40.0. The van der Waals surface area contributed by atoms with Crippen molar-refractivity contribution in [3.05, 3.63) is 60.8 Å². The Balaban J connectivity index is 4.23. The summed E-state index contributed by atoms with van der Waals surface area (Å²) in [6.07, 6.45) is 54.8. The fourth-order valence-corrected chi connectivity index (χ4v) is 7.63. The van der Waals surface area contributed by atoms with Gasteiger partial charge in [0.25, 0.3) is 0 Å². The number of hydrogen-bond donors (Lipinski definition) is 3. The minimum absolute atomic E-state index is 0.178. The molecule has 0 aromatic heterocycles. The molecule has 0 aliphatic rings. The van der Waals surface area contributed by atoms with Crippen molar-refractivity contribution in [3.8, 4) is 0 Å². The molecule has 0 aliphatic heterocycles. The average molecular weight is 909 g/mol. The number of hydrogen-bond acceptors (Lipinski definition) is 9. The molecule has 0 radical (unpaired) electrons. The molecule has 63 heavy (non-hydrogen) atoms. The third-order valence-corrected chi connectivity index (χ3v) is 11.6. The molecule has 0 saturated carbocycles. The molecule has 0 saturated heterocycles. The standard InChI is InChI=1S/C52H93O10P/c1-3-5-7-9-11-13-15-17-19-21-23-24-26-28-30-32-34-36-38-40-42-44-52(56)62-50(48-61-63(57,58)60-46-49(54)45-53)47-59-51(55)43-41-39-37-35-33-31-29-27-25-22-20-18-16-14-12-10-8-6-4-2/h6,8,12,14,18,20,25,27,31,33,49-50,53-54H,3-5,7,9-11,13,15-17,19,21-24,26,28-30,32,34-48H2,1-2H3,(H,57,58)/b8-6+,14-12+,20-18+,27-25+,33-31+/t49-,50+/m0/s1. The summed E-state index contributed by atoms with van der Waals surface area (Å²) >= 11 is 0. The van der Waals surface area contributed by atoms with Gasteiger partial charge in [-0.15, -0.1) is 0 Å². The van der Waals surface area contributed by atoms with Gasteiger partial charge >= 0.3 is 19.8 Å². The van der Waals surface area contributed by atoms with Gasteiger partial charge in [-0.2, -0.15) is 0 Å². The van der Waals surface area contributed by atoms with Gasteiger partial charge in [0.2, 0.25) is 0 Å². The van der Waals surface area contributed by atoms with E-state index in [1.807, 2.05) is 0 Å². The number of aliphatic hydroxyl groups excluding tert-OH is 2. The highest BCUT2D eigenvalue weighted by atomic mass is 31.2. The van der Waals surface area contributed by atoms with E-state index in [2.05, 4.69) is 74.6 Å². The van der Waals surface area contributed by atoms with Gasteiger partial charge in [0, 0.05) is 12.8 Å². The largest absolute Gasteiger partial charge is 0.472 e. The van der Waals surface area contributed by atoms with E-state index in [0.29, 0.717) is 12.8 Å². The summed E-state index contributed by atoms with van der Waals surface area (Å²) in [6.45, 7) is 2.26. The zero-order valence-corrected chi connectivity index (χ0v) is 40.9. The maximum Gasteiger partial charge on any atom is 0.472 e. The lowest BCUT2D eigenvalue weighted by atomic mass is 10.0. The molecule has 0 spiro atoms. The summed E-state index contributed by atoms with van der Waals surface area (Å²) in [4.78, 5) is 35.2. The Labute approximate surface area is 385 Å². The lowest BCUT2D eigenvalue weighted by Crippen LogP contribution is -2.29. The van der Waals surface area contributed by atoms with Crippen molar-refractivity contribution in [3.63, 3.8) is 0 Å². The number of unbranched alkanes of at least 4 members (excludes halogenated alkanes) is 23. The number of allylic oxidation sites excluding steroid dienone is 10. The molecular weight excluding hydrogens is 816 g/mol. The predicted molar refractivity (Wildman–Crippen MR) is 260 cm³/mol. The van der Waals surface area contributed by atoms with E-state index in [-0.39, 0.29) is 19.4 Å². The monoisotopic (exact) mass is 909 g/mol. The van der Waals surface area contributed by atoms with Gasteiger partial charge in [-0.1, -0.05) is 209 Å². The number of carbonyl (C=O) groups is 2. The molecule has 0 fully saturated rings. The Morgan fingerprint density at radius 2 is 0.873 bits per heavy atom. The Morgan fingerprint density at radius 3 is 1.32 bits per heavy atom. The third kappa shape index (κ3) is 47.5. The fourth-order valence-electron chi connectivity index (χ4n) is 6.84. The summed E-state index contributed by atoms with van der Waals surface area (Å²) in [5, 5.41) is 18.4. The van der Waals surface area contributed by atoms with Gasteiger partial charge in [-0.05, 0) is 57.8 Å². The van der Waals surface area contributed by atoms with E-state index in [9.17, 15) is 24.2 Å². The van der Waals surface area contributed by atoms with E-state index in [4.69, 9.17) is 23.6 Å². The molecule has 366 valence electrons. The van der Waals surface area contributed by atoms with Crippen molar-refractivity contribution < 1.29 is 47.8 Å². The van der Waals surface area contributed by atoms with Crippen LogP contribution in [0.15, 0.2) is 60.8 Å². The lowest BCUT2D eigenvalue weighted by Gasteiger charge is -2.20. The maximum absolute atomic E-state index is 12.7. The SMILES string of the molecule is CC/C=C/C/C=C/C/C=C/C/C=C/C/C=C/CCCCCC(=O)OC[C@H](COP(=O)(O)OC[C@@H](O)CO)OC(=O)CCCCCCCCCCCCCCCCCCCCCCC. The molecule has 0 bridgehead atoms. The molecule has 3 N–H and O–H groups in total.